The maximum Gasteiger partial charge on any atom is 0.233 e. The van der Waals surface area contributed by atoms with Crippen LogP contribution in [0.15, 0.2) is 30.5 Å². The van der Waals surface area contributed by atoms with Crippen LogP contribution in [-0.2, 0) is 11.3 Å². The summed E-state index contributed by atoms with van der Waals surface area (Å²) in [7, 11) is 0. The molecule has 1 amide bonds. The monoisotopic (exact) mass is 313 g/mol. The Labute approximate surface area is 132 Å². The van der Waals surface area contributed by atoms with Gasteiger partial charge in [0.2, 0.25) is 5.91 Å². The van der Waals surface area contributed by atoms with Crippen LogP contribution >= 0.6 is 11.8 Å². The van der Waals surface area contributed by atoms with Gasteiger partial charge in [0.15, 0.2) is 0 Å². The number of carbonyl (C=O) groups is 1. The number of hydrogen-bond donors (Lipinski definition) is 0. The number of nitrogens with zero attached hydrogens (tertiary/aromatic N) is 5. The Morgan fingerprint density at radius 2 is 2.36 bits per heavy atom. The fraction of sp³-hybridized carbons (Fsp3) is 0.333. The number of hydrogen-bond acceptors (Lipinski definition) is 5. The lowest BCUT2D eigenvalue weighted by molar-refractivity contribution is -0.127. The lowest BCUT2D eigenvalue weighted by Crippen LogP contribution is -2.27. The topological polar surface area (TPSA) is 74.8 Å². The molecular formula is C15H15N5OS. The highest BCUT2D eigenvalue weighted by molar-refractivity contribution is 8.00. The number of benzene rings is 1. The summed E-state index contributed by atoms with van der Waals surface area (Å²) >= 11 is 1.58. The van der Waals surface area contributed by atoms with E-state index >= 15 is 0 Å². The van der Waals surface area contributed by atoms with Crippen LogP contribution in [0.2, 0.25) is 0 Å². The Morgan fingerprint density at radius 1 is 1.50 bits per heavy atom. The summed E-state index contributed by atoms with van der Waals surface area (Å²) < 4.78 is 1.74. The number of rotatable bonds is 4. The summed E-state index contributed by atoms with van der Waals surface area (Å²) in [5.41, 5.74) is 2.43. The molecule has 6 nitrogen and oxygen atoms in total. The van der Waals surface area contributed by atoms with Crippen molar-refractivity contribution in [2.24, 2.45) is 0 Å². The van der Waals surface area contributed by atoms with Crippen molar-refractivity contribution in [1.82, 2.24) is 19.9 Å². The molecule has 1 saturated heterocycles. The van der Waals surface area contributed by atoms with Crippen molar-refractivity contribution in [2.45, 2.75) is 18.8 Å². The number of amides is 1. The van der Waals surface area contributed by atoms with Crippen molar-refractivity contribution < 1.29 is 4.79 Å². The minimum absolute atomic E-state index is 0.0447. The maximum atomic E-state index is 11.8. The third kappa shape index (κ3) is 2.83. The quantitative estimate of drug-likeness (QED) is 0.860. The first-order chi connectivity index (χ1) is 10.7. The Balaban J connectivity index is 1.76. The van der Waals surface area contributed by atoms with Gasteiger partial charge < -0.3 is 4.90 Å². The molecule has 2 heterocycles. The molecule has 1 aliphatic heterocycles. The first kappa shape index (κ1) is 14.6. The van der Waals surface area contributed by atoms with E-state index in [1.807, 2.05) is 36.2 Å². The fourth-order valence-corrected chi connectivity index (χ4v) is 3.66. The predicted octanol–water partition coefficient (Wildman–Crippen LogP) is 1.79. The fourth-order valence-electron chi connectivity index (χ4n) is 2.47. The van der Waals surface area contributed by atoms with E-state index in [-0.39, 0.29) is 11.3 Å². The molecule has 2 aromatic rings. The summed E-state index contributed by atoms with van der Waals surface area (Å²) in [6.07, 6.45) is 1.87. The van der Waals surface area contributed by atoms with Gasteiger partial charge in [-0.1, -0.05) is 17.3 Å². The molecule has 1 aromatic heterocycles. The van der Waals surface area contributed by atoms with E-state index in [0.717, 1.165) is 11.3 Å². The first-order valence-electron chi connectivity index (χ1n) is 7.01. The van der Waals surface area contributed by atoms with E-state index in [2.05, 4.69) is 16.4 Å². The highest BCUT2D eigenvalue weighted by atomic mass is 32.2. The van der Waals surface area contributed by atoms with Crippen LogP contribution in [0.5, 0.6) is 0 Å². The molecule has 7 heteroatoms. The minimum atomic E-state index is -0.0447. The van der Waals surface area contributed by atoms with Gasteiger partial charge in [0.05, 0.1) is 30.1 Å². The summed E-state index contributed by atoms with van der Waals surface area (Å²) in [4.78, 5) is 13.6. The van der Waals surface area contributed by atoms with Gasteiger partial charge in [0.25, 0.3) is 0 Å². The second-order valence-corrected chi connectivity index (χ2v) is 6.06. The van der Waals surface area contributed by atoms with Gasteiger partial charge >= 0.3 is 0 Å². The van der Waals surface area contributed by atoms with Crippen LogP contribution in [-0.4, -0.2) is 38.1 Å². The minimum Gasteiger partial charge on any atom is -0.324 e. The summed E-state index contributed by atoms with van der Waals surface area (Å²) in [6.45, 7) is 3.20. The van der Waals surface area contributed by atoms with Crippen LogP contribution in [0.3, 0.4) is 0 Å². The largest absolute Gasteiger partial charge is 0.324 e. The zero-order valence-electron chi connectivity index (χ0n) is 12.1. The van der Waals surface area contributed by atoms with Gasteiger partial charge in [-0.15, -0.1) is 16.9 Å². The van der Waals surface area contributed by atoms with Crippen molar-refractivity contribution in [3.05, 3.63) is 47.3 Å². The Hall–Kier alpha value is -2.33. The number of thioether (sulfide) groups is 1. The molecule has 0 spiro atoms. The van der Waals surface area contributed by atoms with Crippen LogP contribution < -0.4 is 0 Å². The van der Waals surface area contributed by atoms with Crippen LogP contribution in [0.25, 0.3) is 0 Å². The molecule has 1 aliphatic rings. The predicted molar refractivity (Wildman–Crippen MR) is 82.9 cm³/mol. The van der Waals surface area contributed by atoms with Gasteiger partial charge in [-0.25, -0.2) is 4.68 Å². The average Bonchev–Trinajstić information content (AvgIpc) is 3.13. The molecule has 1 aromatic carbocycles. The average molecular weight is 313 g/mol. The lowest BCUT2D eigenvalue weighted by atomic mass is 10.1. The van der Waals surface area contributed by atoms with Crippen LogP contribution in [0.1, 0.15) is 29.1 Å². The lowest BCUT2D eigenvalue weighted by Gasteiger charge is -2.19. The molecule has 0 bridgehead atoms. The molecule has 0 saturated carbocycles. The Morgan fingerprint density at radius 3 is 3.14 bits per heavy atom. The SMILES string of the molecule is CCN1C(=O)CSC1c1cn(Cc2cccc(C#N)c2)nn1. The van der Waals surface area contributed by atoms with Crippen LogP contribution in [0.4, 0.5) is 0 Å². The van der Waals surface area contributed by atoms with Gasteiger partial charge in [-0.3, -0.25) is 4.79 Å². The van der Waals surface area contributed by atoms with Crippen LogP contribution in [0, 0.1) is 11.3 Å². The number of nitriles is 1. The molecule has 0 N–H and O–H groups in total. The zero-order valence-corrected chi connectivity index (χ0v) is 13.0. The molecule has 3 rings (SSSR count). The van der Waals surface area contributed by atoms with E-state index in [4.69, 9.17) is 5.26 Å². The van der Waals surface area contributed by atoms with Crippen molar-refractivity contribution >= 4 is 17.7 Å². The molecular weight excluding hydrogens is 298 g/mol. The maximum absolute atomic E-state index is 11.8. The number of aromatic nitrogens is 3. The third-order valence-corrected chi connectivity index (χ3v) is 4.74. The van der Waals surface area contributed by atoms with E-state index in [1.165, 1.54) is 0 Å². The van der Waals surface area contributed by atoms with Crippen molar-refractivity contribution in [2.75, 3.05) is 12.3 Å². The van der Waals surface area contributed by atoms with Crippen molar-refractivity contribution in [3.63, 3.8) is 0 Å². The smallest absolute Gasteiger partial charge is 0.233 e. The molecule has 22 heavy (non-hydrogen) atoms. The van der Waals surface area contributed by atoms with E-state index in [0.29, 0.717) is 24.4 Å². The second-order valence-electron chi connectivity index (χ2n) is 5.00. The van der Waals surface area contributed by atoms with Gasteiger partial charge in [-0.2, -0.15) is 5.26 Å². The molecule has 0 radical (unpaired) electrons. The first-order valence-corrected chi connectivity index (χ1v) is 8.06. The molecule has 112 valence electrons. The summed E-state index contributed by atoms with van der Waals surface area (Å²) in [6, 6.07) is 9.55. The second kappa shape index (κ2) is 6.20. The van der Waals surface area contributed by atoms with Crippen molar-refractivity contribution in [3.8, 4) is 6.07 Å². The Bertz CT molecular complexity index is 736. The summed E-state index contributed by atoms with van der Waals surface area (Å²) in [5, 5.41) is 17.2. The molecule has 0 aliphatic carbocycles. The highest BCUT2D eigenvalue weighted by Crippen LogP contribution is 2.37. The van der Waals surface area contributed by atoms with E-state index in [1.54, 1.807) is 22.5 Å². The van der Waals surface area contributed by atoms with Gasteiger partial charge in [0, 0.05) is 6.54 Å². The third-order valence-electron chi connectivity index (χ3n) is 3.52. The Kier molecular flexibility index (Phi) is 4.11. The van der Waals surface area contributed by atoms with E-state index < -0.39 is 0 Å². The van der Waals surface area contributed by atoms with Gasteiger partial charge in [0.1, 0.15) is 11.1 Å². The highest BCUT2D eigenvalue weighted by Gasteiger charge is 2.33. The molecule has 1 fully saturated rings. The standard InChI is InChI=1S/C15H15N5OS/c1-2-20-14(21)10-22-15(20)13-9-19(18-17-13)8-12-5-3-4-11(6-12)7-16/h3-6,9,15H,2,8,10H2,1H3. The summed E-state index contributed by atoms with van der Waals surface area (Å²) in [5.74, 6) is 0.643. The van der Waals surface area contributed by atoms with Crippen molar-refractivity contribution in [1.29, 1.82) is 5.26 Å². The zero-order chi connectivity index (χ0) is 15.5. The van der Waals surface area contributed by atoms with E-state index in [9.17, 15) is 4.79 Å². The number of carbonyl (C=O) groups excluding carboxylic acids is 1. The molecule has 1 atom stereocenters. The molecule has 1 unspecified atom stereocenters. The van der Waals surface area contributed by atoms with Gasteiger partial charge in [-0.05, 0) is 24.6 Å². The normalized spacial score (nSPS) is 17.7.